The van der Waals surface area contributed by atoms with Crippen molar-refractivity contribution in [1.29, 1.82) is 0 Å². The fraction of sp³-hybridized carbons (Fsp3) is 0.0769. The summed E-state index contributed by atoms with van der Waals surface area (Å²) in [6, 6.07) is 5.65. The Morgan fingerprint density at radius 1 is 0.760 bits per heavy atom. The van der Waals surface area contributed by atoms with Gasteiger partial charge in [0.15, 0.2) is 0 Å². The molecule has 0 unspecified atom stereocenters. The molecule has 0 bridgehead atoms. The molecule has 136 valence electrons. The van der Waals surface area contributed by atoms with Crippen molar-refractivity contribution in [2.24, 2.45) is 0 Å². The summed E-state index contributed by atoms with van der Waals surface area (Å²) in [7, 11) is -13.8. The second-order valence-electron chi connectivity index (χ2n) is 4.97. The first-order valence-corrected chi connectivity index (χ1v) is 11.1. The molecule has 2 rings (SSSR count). The average Bonchev–Trinajstić information content (AvgIpc) is 2.45. The van der Waals surface area contributed by atoms with Crippen LogP contribution in [0.1, 0.15) is 5.56 Å². The second kappa shape index (κ2) is 6.34. The highest BCUT2D eigenvalue weighted by Crippen LogP contribution is 2.29. The molecule has 0 fully saturated rings. The van der Waals surface area contributed by atoms with Crippen molar-refractivity contribution < 1.29 is 34.4 Å². The third kappa shape index (κ3) is 4.02. The molecule has 0 atom stereocenters. The van der Waals surface area contributed by atoms with Gasteiger partial charge in [-0.15, -0.1) is 0 Å². The van der Waals surface area contributed by atoms with Gasteiger partial charge in [-0.25, -0.2) is 8.42 Å². The van der Waals surface area contributed by atoms with Gasteiger partial charge in [0.2, 0.25) is 9.84 Å². The second-order valence-corrected chi connectivity index (χ2v) is 10.1. The third-order valence-electron chi connectivity index (χ3n) is 3.24. The smallest absolute Gasteiger partial charge is 0.282 e. The first-order chi connectivity index (χ1) is 11.2. The van der Waals surface area contributed by atoms with Gasteiger partial charge in [0.05, 0.1) is 19.7 Å². The molecule has 0 aliphatic rings. The van der Waals surface area contributed by atoms with Crippen LogP contribution in [0, 0.1) is 6.92 Å². The normalized spacial score (nSPS) is 13.0. The standard InChI is InChI=1S/C13H11ClO8S3/c1-8-2-3-9(6-12(8)24(17,18)19)23(15,16)10-4-5-11(14)13(7-10)25(20,21)22/h2-7H,1H3,(H,17,18,19)(H,20,21,22). The van der Waals surface area contributed by atoms with Crippen molar-refractivity contribution >= 4 is 41.7 Å². The highest BCUT2D eigenvalue weighted by Gasteiger charge is 2.25. The van der Waals surface area contributed by atoms with Gasteiger partial charge < -0.3 is 0 Å². The summed E-state index contributed by atoms with van der Waals surface area (Å²) in [5, 5.41) is -0.385. The number of hydrogen-bond acceptors (Lipinski definition) is 6. The predicted octanol–water partition coefficient (Wildman–Crippen LogP) is 1.97. The van der Waals surface area contributed by atoms with E-state index in [1.807, 2.05) is 0 Å². The van der Waals surface area contributed by atoms with E-state index in [-0.39, 0.29) is 10.6 Å². The van der Waals surface area contributed by atoms with Crippen LogP contribution in [0.2, 0.25) is 5.02 Å². The van der Waals surface area contributed by atoms with Crippen molar-refractivity contribution in [2.75, 3.05) is 0 Å². The van der Waals surface area contributed by atoms with E-state index >= 15 is 0 Å². The lowest BCUT2D eigenvalue weighted by Crippen LogP contribution is -2.08. The maximum absolute atomic E-state index is 12.6. The average molecular weight is 427 g/mol. The maximum Gasteiger partial charge on any atom is 0.296 e. The predicted molar refractivity (Wildman–Crippen MR) is 87.7 cm³/mol. The summed E-state index contributed by atoms with van der Waals surface area (Å²) in [5.41, 5.74) is 0.121. The van der Waals surface area contributed by atoms with Gasteiger partial charge in [-0.2, -0.15) is 16.8 Å². The first kappa shape index (κ1) is 19.8. The molecule has 0 saturated carbocycles. The number of sulfone groups is 1. The van der Waals surface area contributed by atoms with E-state index in [1.54, 1.807) is 0 Å². The molecule has 0 aromatic heterocycles. The summed E-state index contributed by atoms with van der Waals surface area (Å²) in [5.74, 6) is 0. The molecule has 2 N–H and O–H groups in total. The van der Waals surface area contributed by atoms with E-state index in [0.717, 1.165) is 24.3 Å². The Balaban J connectivity index is 2.73. The molecule has 0 aliphatic heterocycles. The van der Waals surface area contributed by atoms with E-state index in [0.29, 0.717) is 6.07 Å². The Hall–Kier alpha value is -1.50. The van der Waals surface area contributed by atoms with Crippen LogP contribution in [0.5, 0.6) is 0 Å². The van der Waals surface area contributed by atoms with Gasteiger partial charge >= 0.3 is 0 Å². The van der Waals surface area contributed by atoms with Gasteiger partial charge in [-0.1, -0.05) is 17.7 Å². The number of benzene rings is 2. The van der Waals surface area contributed by atoms with Gasteiger partial charge in [0, 0.05) is 0 Å². The molecule has 0 spiro atoms. The molecule has 0 amide bonds. The highest BCUT2D eigenvalue weighted by molar-refractivity contribution is 7.91. The van der Waals surface area contributed by atoms with E-state index in [4.69, 9.17) is 20.7 Å². The molecule has 2 aromatic rings. The number of halogens is 1. The Kier molecular flexibility index (Phi) is 5.03. The van der Waals surface area contributed by atoms with Crippen LogP contribution < -0.4 is 0 Å². The van der Waals surface area contributed by atoms with Crippen LogP contribution in [0.15, 0.2) is 56.0 Å². The zero-order chi connectivity index (χ0) is 19.2. The fourth-order valence-corrected chi connectivity index (χ4v) is 5.22. The minimum Gasteiger partial charge on any atom is -0.282 e. The lowest BCUT2D eigenvalue weighted by Gasteiger charge is -2.09. The molecular formula is C13H11ClO8S3. The van der Waals surface area contributed by atoms with Crippen LogP contribution in [0.25, 0.3) is 0 Å². The number of rotatable bonds is 4. The summed E-state index contributed by atoms with van der Waals surface area (Å²) in [6.45, 7) is 1.36. The van der Waals surface area contributed by atoms with E-state index in [1.165, 1.54) is 13.0 Å². The minimum absolute atomic E-state index is 0.121. The molecule has 12 heteroatoms. The summed E-state index contributed by atoms with van der Waals surface area (Å²) in [4.78, 5) is -2.43. The Bertz CT molecular complexity index is 1080. The Labute approximate surface area is 149 Å². The summed E-state index contributed by atoms with van der Waals surface area (Å²) >= 11 is 5.64. The fourth-order valence-electron chi connectivity index (χ4n) is 2.01. The van der Waals surface area contributed by atoms with Crippen LogP contribution >= 0.6 is 11.6 Å². The molecule has 0 heterocycles. The van der Waals surface area contributed by atoms with Gasteiger partial charge in [-0.3, -0.25) is 9.11 Å². The summed E-state index contributed by atoms with van der Waals surface area (Å²) in [6.07, 6.45) is 0. The van der Waals surface area contributed by atoms with E-state index in [9.17, 15) is 25.3 Å². The van der Waals surface area contributed by atoms with Crippen molar-refractivity contribution in [3.63, 3.8) is 0 Å². The molecule has 0 saturated heterocycles. The summed E-state index contributed by atoms with van der Waals surface area (Å²) < 4.78 is 88.7. The lowest BCUT2D eigenvalue weighted by atomic mass is 10.2. The first-order valence-electron chi connectivity index (χ1n) is 6.35. The van der Waals surface area contributed by atoms with Crippen LogP contribution in [-0.4, -0.2) is 34.4 Å². The molecule has 2 aromatic carbocycles. The zero-order valence-corrected chi connectivity index (χ0v) is 15.6. The zero-order valence-electron chi connectivity index (χ0n) is 12.4. The number of aryl methyl sites for hydroxylation is 1. The third-order valence-corrected chi connectivity index (χ3v) is 7.32. The number of hydrogen-bond donors (Lipinski definition) is 2. The van der Waals surface area contributed by atoms with Crippen molar-refractivity contribution in [3.8, 4) is 0 Å². The van der Waals surface area contributed by atoms with Gasteiger partial charge in [0.25, 0.3) is 20.2 Å². The topological polar surface area (TPSA) is 143 Å². The van der Waals surface area contributed by atoms with Gasteiger partial charge in [0.1, 0.15) is 4.90 Å². The van der Waals surface area contributed by atoms with Crippen molar-refractivity contribution in [1.82, 2.24) is 0 Å². The molecular weight excluding hydrogens is 416 g/mol. The van der Waals surface area contributed by atoms with Crippen LogP contribution in [0.4, 0.5) is 0 Å². The van der Waals surface area contributed by atoms with Gasteiger partial charge in [-0.05, 0) is 42.8 Å². The molecule has 8 nitrogen and oxygen atoms in total. The quantitative estimate of drug-likeness (QED) is 0.706. The largest absolute Gasteiger partial charge is 0.296 e. The van der Waals surface area contributed by atoms with E-state index < -0.39 is 49.7 Å². The molecule has 25 heavy (non-hydrogen) atoms. The van der Waals surface area contributed by atoms with Crippen LogP contribution in [0.3, 0.4) is 0 Å². The van der Waals surface area contributed by atoms with Crippen molar-refractivity contribution in [3.05, 3.63) is 47.0 Å². The SMILES string of the molecule is Cc1ccc(S(=O)(=O)c2ccc(Cl)c(S(=O)(=O)O)c2)cc1S(=O)(=O)O. The molecule has 0 aliphatic carbocycles. The van der Waals surface area contributed by atoms with E-state index in [2.05, 4.69) is 0 Å². The lowest BCUT2D eigenvalue weighted by molar-refractivity contribution is 0.480. The van der Waals surface area contributed by atoms with Crippen molar-refractivity contribution in [2.45, 2.75) is 26.5 Å². The minimum atomic E-state index is -4.77. The monoisotopic (exact) mass is 426 g/mol. The van der Waals surface area contributed by atoms with Crippen LogP contribution in [-0.2, 0) is 30.1 Å². The highest BCUT2D eigenvalue weighted by atomic mass is 35.5. The maximum atomic E-state index is 12.6. The Morgan fingerprint density at radius 2 is 1.20 bits per heavy atom. The Morgan fingerprint density at radius 3 is 1.68 bits per heavy atom. The molecule has 0 radical (unpaired) electrons.